The van der Waals surface area contributed by atoms with Crippen molar-refractivity contribution < 1.29 is 19.5 Å². The highest BCUT2D eigenvalue weighted by molar-refractivity contribution is 7.10. The van der Waals surface area contributed by atoms with Crippen molar-refractivity contribution in [2.75, 3.05) is 0 Å². The van der Waals surface area contributed by atoms with Crippen molar-refractivity contribution >= 4 is 29.1 Å². The number of rotatable bonds is 3. The van der Waals surface area contributed by atoms with E-state index in [1.54, 1.807) is 5.38 Å². The molecule has 4 atom stereocenters. The molecule has 3 rings (SSSR count). The molecule has 1 aromatic heterocycles. The van der Waals surface area contributed by atoms with Crippen LogP contribution >= 0.6 is 11.3 Å². The Morgan fingerprint density at radius 3 is 2.19 bits per heavy atom. The third-order valence-electron chi connectivity index (χ3n) is 5.84. The average molecular weight is 376 g/mol. The van der Waals surface area contributed by atoms with E-state index in [4.69, 9.17) is 0 Å². The predicted octanol–water partition coefficient (Wildman–Crippen LogP) is 2.82. The molecule has 0 aromatic carbocycles. The molecular weight excluding hydrogens is 352 g/mol. The van der Waals surface area contributed by atoms with Gasteiger partial charge < -0.3 is 5.11 Å². The van der Waals surface area contributed by atoms with Gasteiger partial charge in [0, 0.05) is 10.3 Å². The summed E-state index contributed by atoms with van der Waals surface area (Å²) < 4.78 is 0. The number of carboxylic acid groups (broad SMARTS) is 1. The van der Waals surface area contributed by atoms with Gasteiger partial charge in [0.05, 0.1) is 17.4 Å². The summed E-state index contributed by atoms with van der Waals surface area (Å²) >= 11 is 1.48. The number of aryl methyl sites for hydroxylation is 1. The van der Waals surface area contributed by atoms with E-state index in [0.29, 0.717) is 5.56 Å². The molecule has 0 aliphatic heterocycles. The first-order valence-corrected chi connectivity index (χ1v) is 9.67. The van der Waals surface area contributed by atoms with Crippen molar-refractivity contribution in [1.29, 1.82) is 0 Å². The minimum atomic E-state index is -0.938. The molecule has 0 radical (unpaired) electrons. The Morgan fingerprint density at radius 2 is 1.69 bits per heavy atom. The molecule has 0 saturated heterocycles. The molecule has 2 aliphatic rings. The van der Waals surface area contributed by atoms with Gasteiger partial charge in [-0.3, -0.25) is 25.2 Å². The van der Waals surface area contributed by atoms with Crippen molar-refractivity contribution in [2.45, 2.75) is 40.5 Å². The number of carbonyl (C=O) groups is 3. The highest BCUT2D eigenvalue weighted by atomic mass is 32.1. The molecule has 2 aliphatic carbocycles. The van der Waals surface area contributed by atoms with Crippen molar-refractivity contribution in [3.63, 3.8) is 0 Å². The van der Waals surface area contributed by atoms with E-state index in [0.717, 1.165) is 34.4 Å². The van der Waals surface area contributed by atoms with Crippen LogP contribution in [0, 0.1) is 37.5 Å². The molecule has 2 amide bonds. The molecule has 2 fully saturated rings. The van der Waals surface area contributed by atoms with E-state index in [-0.39, 0.29) is 17.7 Å². The predicted molar refractivity (Wildman–Crippen MR) is 98.6 cm³/mol. The summed E-state index contributed by atoms with van der Waals surface area (Å²) in [5, 5.41) is 11.4. The van der Waals surface area contributed by atoms with Gasteiger partial charge in [-0.15, -0.1) is 11.3 Å². The fraction of sp³-hybridized carbons (Fsp3) is 0.526. The second kappa shape index (κ2) is 6.87. The Bertz CT molecular complexity index is 806. The van der Waals surface area contributed by atoms with Crippen LogP contribution < -0.4 is 10.9 Å². The summed E-state index contributed by atoms with van der Waals surface area (Å²) in [7, 11) is 0. The van der Waals surface area contributed by atoms with E-state index < -0.39 is 23.7 Å². The van der Waals surface area contributed by atoms with Crippen LogP contribution in [0.15, 0.2) is 16.5 Å². The number of thiophene rings is 1. The monoisotopic (exact) mass is 376 g/mol. The Kier molecular flexibility index (Phi) is 4.92. The van der Waals surface area contributed by atoms with Gasteiger partial charge in [0.1, 0.15) is 0 Å². The largest absolute Gasteiger partial charge is 0.481 e. The minimum absolute atomic E-state index is 0.0480. The summed E-state index contributed by atoms with van der Waals surface area (Å²) in [6.07, 6.45) is 1.63. The number of hydrazine groups is 1. The summed E-state index contributed by atoms with van der Waals surface area (Å²) in [4.78, 5) is 37.9. The average Bonchev–Trinajstić information content (AvgIpc) is 3.24. The van der Waals surface area contributed by atoms with E-state index in [1.165, 1.54) is 11.3 Å². The summed E-state index contributed by atoms with van der Waals surface area (Å²) in [6.45, 7) is 7.75. The Balaban J connectivity index is 1.75. The third-order valence-corrected chi connectivity index (χ3v) is 6.85. The van der Waals surface area contributed by atoms with Crippen molar-refractivity contribution in [1.82, 2.24) is 10.9 Å². The first-order chi connectivity index (χ1) is 12.2. The number of hydrogen-bond acceptors (Lipinski definition) is 4. The second-order valence-electron chi connectivity index (χ2n) is 7.41. The van der Waals surface area contributed by atoms with Gasteiger partial charge in [0.15, 0.2) is 0 Å². The van der Waals surface area contributed by atoms with E-state index in [1.807, 2.05) is 27.7 Å². The van der Waals surface area contributed by atoms with Crippen LogP contribution in [0.1, 0.15) is 47.5 Å². The molecule has 140 valence electrons. The molecule has 3 N–H and O–H groups in total. The molecule has 7 heteroatoms. The zero-order chi connectivity index (χ0) is 19.2. The van der Waals surface area contributed by atoms with Gasteiger partial charge >= 0.3 is 5.97 Å². The summed E-state index contributed by atoms with van der Waals surface area (Å²) in [5.74, 6) is -3.21. The lowest BCUT2D eigenvalue weighted by molar-refractivity contribution is -0.149. The fourth-order valence-corrected chi connectivity index (χ4v) is 5.48. The van der Waals surface area contributed by atoms with Gasteiger partial charge in [0.2, 0.25) is 5.91 Å². The zero-order valence-corrected chi connectivity index (χ0v) is 16.2. The van der Waals surface area contributed by atoms with E-state index in [9.17, 15) is 19.5 Å². The number of carbonyl (C=O) groups excluding carboxylic acids is 2. The fourth-order valence-electron chi connectivity index (χ4n) is 4.61. The highest BCUT2D eigenvalue weighted by Crippen LogP contribution is 2.57. The SMILES string of the molecule is CC(C)=C1C2CCC1C(C(=O)NNC(=O)c1csc(C)c1C)C2C(=O)O. The molecule has 2 bridgehead atoms. The van der Waals surface area contributed by atoms with E-state index >= 15 is 0 Å². The third kappa shape index (κ3) is 2.94. The van der Waals surface area contributed by atoms with Gasteiger partial charge in [0.25, 0.3) is 5.91 Å². The topological polar surface area (TPSA) is 95.5 Å². The van der Waals surface area contributed by atoms with E-state index in [2.05, 4.69) is 10.9 Å². The van der Waals surface area contributed by atoms with Crippen LogP contribution in [0.5, 0.6) is 0 Å². The lowest BCUT2D eigenvalue weighted by atomic mass is 9.79. The number of allylic oxidation sites excluding steroid dienone is 2. The van der Waals surface area contributed by atoms with Crippen LogP contribution in [0.3, 0.4) is 0 Å². The number of carboxylic acids is 1. The van der Waals surface area contributed by atoms with Crippen molar-refractivity contribution in [2.24, 2.45) is 23.7 Å². The molecule has 1 aromatic rings. The summed E-state index contributed by atoms with van der Waals surface area (Å²) in [5.41, 5.74) is 8.56. The second-order valence-corrected chi connectivity index (χ2v) is 8.49. The lowest BCUT2D eigenvalue weighted by Gasteiger charge is -2.26. The Hall–Kier alpha value is -2.15. The Labute approximate surface area is 156 Å². The van der Waals surface area contributed by atoms with Crippen molar-refractivity contribution in [3.8, 4) is 0 Å². The maximum absolute atomic E-state index is 12.7. The number of nitrogens with one attached hydrogen (secondary N) is 2. The number of aliphatic carboxylic acids is 1. The van der Waals surface area contributed by atoms with Crippen molar-refractivity contribution in [3.05, 3.63) is 32.5 Å². The minimum Gasteiger partial charge on any atom is -0.481 e. The molecule has 4 unspecified atom stereocenters. The summed E-state index contributed by atoms with van der Waals surface area (Å²) in [6, 6.07) is 0. The first kappa shape index (κ1) is 18.6. The van der Waals surface area contributed by atoms with Crippen LogP contribution in [-0.2, 0) is 9.59 Å². The standard InChI is InChI=1S/C19H24N2O4S/c1-8(2)14-11-5-6-12(14)16(19(24)25)15(11)18(23)21-20-17(22)13-7-26-10(4)9(13)3/h7,11-12,15-16H,5-6H2,1-4H3,(H,20,22)(H,21,23)(H,24,25). The Morgan fingerprint density at radius 1 is 1.08 bits per heavy atom. The quantitative estimate of drug-likeness (QED) is 0.558. The molecular formula is C19H24N2O4S. The number of fused-ring (bicyclic) bond motifs is 2. The lowest BCUT2D eigenvalue weighted by Crippen LogP contribution is -2.48. The van der Waals surface area contributed by atoms with Crippen LogP contribution in [-0.4, -0.2) is 22.9 Å². The van der Waals surface area contributed by atoms with Crippen LogP contribution in [0.2, 0.25) is 0 Å². The smallest absolute Gasteiger partial charge is 0.307 e. The highest BCUT2D eigenvalue weighted by Gasteiger charge is 2.57. The first-order valence-electron chi connectivity index (χ1n) is 8.79. The number of hydrogen-bond donors (Lipinski definition) is 3. The molecule has 1 heterocycles. The maximum atomic E-state index is 12.7. The van der Waals surface area contributed by atoms with Gasteiger partial charge in [-0.05, 0) is 57.9 Å². The molecule has 2 saturated carbocycles. The number of amides is 2. The zero-order valence-electron chi connectivity index (χ0n) is 15.4. The van der Waals surface area contributed by atoms with Gasteiger partial charge in [-0.25, -0.2) is 0 Å². The normalized spacial score (nSPS) is 26.7. The molecule has 26 heavy (non-hydrogen) atoms. The molecule has 6 nitrogen and oxygen atoms in total. The van der Waals surface area contributed by atoms with Gasteiger partial charge in [-0.2, -0.15) is 0 Å². The van der Waals surface area contributed by atoms with Crippen LogP contribution in [0.4, 0.5) is 0 Å². The maximum Gasteiger partial charge on any atom is 0.307 e. The van der Waals surface area contributed by atoms with Crippen LogP contribution in [0.25, 0.3) is 0 Å². The van der Waals surface area contributed by atoms with Gasteiger partial charge in [-0.1, -0.05) is 11.1 Å². The molecule has 0 spiro atoms.